The molecule has 0 saturated carbocycles. The zero-order valence-corrected chi connectivity index (χ0v) is 39.3. The number of hydrogen-bond acceptors (Lipinski definition) is 16. The van der Waals surface area contributed by atoms with Gasteiger partial charge in [-0.25, -0.2) is 19.9 Å². The number of alkyl halides is 6. The fourth-order valence-electron chi connectivity index (χ4n) is 10.7. The van der Waals surface area contributed by atoms with E-state index in [0.717, 1.165) is 23.5 Å². The van der Waals surface area contributed by atoms with Crippen LogP contribution in [-0.4, -0.2) is 152 Å². The lowest BCUT2D eigenvalue weighted by Crippen LogP contribution is -2.49. The van der Waals surface area contributed by atoms with E-state index in [2.05, 4.69) is 30.6 Å². The quantitative estimate of drug-likeness (QED) is 0.0874. The van der Waals surface area contributed by atoms with Crippen LogP contribution in [0.2, 0.25) is 0 Å². The monoisotopic (exact) mass is 1010 g/mol. The van der Waals surface area contributed by atoms with Crippen LogP contribution >= 0.6 is 0 Å². The highest BCUT2D eigenvalue weighted by atomic mass is 19.4. The van der Waals surface area contributed by atoms with Crippen molar-refractivity contribution < 1.29 is 55.6 Å². The number of halogens is 6. The molecule has 2 amide bonds. The van der Waals surface area contributed by atoms with Gasteiger partial charge in [0.05, 0.1) is 60.2 Å². The maximum Gasteiger partial charge on any atom is 0.401 e. The lowest BCUT2D eigenvalue weighted by atomic mass is 9.99. The van der Waals surface area contributed by atoms with Gasteiger partial charge >= 0.3 is 12.4 Å². The molecule has 384 valence electrons. The number of aliphatic hydroxyl groups excluding tert-OH is 2. The summed E-state index contributed by atoms with van der Waals surface area (Å²) in [5, 5.41) is 25.4. The third-order valence-corrected chi connectivity index (χ3v) is 13.9. The number of fused-ring (bicyclic) bond motifs is 6. The van der Waals surface area contributed by atoms with Gasteiger partial charge < -0.3 is 51.6 Å². The average Bonchev–Trinajstić information content (AvgIpc) is 4.20. The van der Waals surface area contributed by atoms with Crippen molar-refractivity contribution in [1.82, 2.24) is 29.7 Å². The molecule has 2 aromatic heterocycles. The second kappa shape index (κ2) is 19.3. The molecule has 0 aliphatic carbocycles. The summed E-state index contributed by atoms with van der Waals surface area (Å²) < 4.78 is 90.0. The molecular formula is C48H54F6N12O6. The number of benzene rings is 2. The van der Waals surface area contributed by atoms with Crippen LogP contribution in [0.15, 0.2) is 73.6 Å². The van der Waals surface area contributed by atoms with E-state index in [1.807, 2.05) is 9.80 Å². The van der Waals surface area contributed by atoms with Gasteiger partial charge in [-0.2, -0.15) is 26.3 Å². The molecule has 72 heavy (non-hydrogen) atoms. The fraction of sp³-hybridized carbons (Fsp3) is 0.458. The molecule has 18 nitrogen and oxygen atoms in total. The highest BCUT2D eigenvalue weighted by Crippen LogP contribution is 2.47. The third kappa shape index (κ3) is 10.4. The number of piperazine rings is 2. The molecule has 2 aromatic carbocycles. The minimum absolute atomic E-state index is 0.0813. The third-order valence-electron chi connectivity index (χ3n) is 13.9. The summed E-state index contributed by atoms with van der Waals surface area (Å²) in [5.74, 6) is 0.457. The second-order valence-corrected chi connectivity index (χ2v) is 19.4. The Labute approximate surface area is 409 Å². The van der Waals surface area contributed by atoms with Crippen molar-refractivity contribution in [3.63, 3.8) is 0 Å². The molecule has 0 spiro atoms. The normalized spacial score (nSPS) is 25.7. The number of nitrogens with zero attached hydrogens (tertiary/aromatic N) is 8. The predicted molar refractivity (Wildman–Crippen MR) is 253 cm³/mol. The second-order valence-electron chi connectivity index (χ2n) is 19.4. The fourth-order valence-corrected chi connectivity index (χ4v) is 10.7. The van der Waals surface area contributed by atoms with Gasteiger partial charge in [-0.05, 0) is 51.0 Å². The number of amides is 2. The molecule has 8 heterocycles. The van der Waals surface area contributed by atoms with Gasteiger partial charge in [-0.15, -0.1) is 0 Å². The van der Waals surface area contributed by atoms with Gasteiger partial charge in [0.15, 0.2) is 11.6 Å². The van der Waals surface area contributed by atoms with Gasteiger partial charge in [0.1, 0.15) is 22.7 Å². The van der Waals surface area contributed by atoms with E-state index in [1.54, 1.807) is 50.2 Å². The molecule has 6 aliphatic heterocycles. The number of aromatic nitrogens is 4. The van der Waals surface area contributed by atoms with E-state index in [4.69, 9.17) is 20.9 Å². The van der Waals surface area contributed by atoms with Crippen molar-refractivity contribution in [1.29, 1.82) is 0 Å². The van der Waals surface area contributed by atoms with E-state index in [-0.39, 0.29) is 73.3 Å². The van der Waals surface area contributed by atoms with Crippen LogP contribution in [0.4, 0.5) is 49.1 Å². The number of hydrogen-bond donors (Lipinski definition) is 6. The summed E-state index contributed by atoms with van der Waals surface area (Å²) in [5.41, 5.74) is 13.9. The molecular weight excluding hydrogens is 955 g/mol. The van der Waals surface area contributed by atoms with E-state index in [1.165, 1.54) is 34.6 Å². The highest BCUT2D eigenvalue weighted by molar-refractivity contribution is 6.25. The Bertz CT molecular complexity index is 2570. The van der Waals surface area contributed by atoms with Crippen molar-refractivity contribution >= 4 is 45.7 Å². The topological polar surface area (TPSA) is 234 Å². The molecule has 4 bridgehead atoms. The summed E-state index contributed by atoms with van der Waals surface area (Å²) in [4.78, 5) is 49.8. The van der Waals surface area contributed by atoms with Gasteiger partial charge in [0.25, 0.3) is 11.8 Å². The molecule has 0 unspecified atom stereocenters. The Kier molecular flexibility index (Phi) is 13.5. The minimum Gasteiger partial charge on any atom is -0.484 e. The predicted octanol–water partition coefficient (Wildman–Crippen LogP) is 3.85. The van der Waals surface area contributed by atoms with Crippen LogP contribution in [0.3, 0.4) is 0 Å². The molecule has 4 saturated heterocycles. The molecule has 8 N–H and O–H groups in total. The maximum atomic E-state index is 13.2. The number of carbonyl (C=O) groups is 2. The van der Waals surface area contributed by atoms with Crippen LogP contribution in [0.5, 0.6) is 11.5 Å². The average molecular weight is 1010 g/mol. The van der Waals surface area contributed by atoms with Crippen LogP contribution in [0.1, 0.15) is 49.5 Å². The zero-order chi connectivity index (χ0) is 51.3. The smallest absolute Gasteiger partial charge is 0.401 e. The van der Waals surface area contributed by atoms with Crippen molar-refractivity contribution in [2.75, 3.05) is 72.9 Å². The number of likely N-dealkylation sites (tertiary alicyclic amines) is 2. The van der Waals surface area contributed by atoms with E-state index >= 15 is 0 Å². The number of aliphatic hydroxyl groups is 2. The summed E-state index contributed by atoms with van der Waals surface area (Å²) >= 11 is 0. The highest BCUT2D eigenvalue weighted by Gasteiger charge is 2.50. The Hall–Kier alpha value is -6.76. The number of anilines is 4. The van der Waals surface area contributed by atoms with Gasteiger partial charge in [0.2, 0.25) is 0 Å². The largest absolute Gasteiger partial charge is 0.484 e. The molecule has 4 fully saturated rings. The number of ether oxygens (including phenoxy) is 2. The first-order chi connectivity index (χ1) is 34.2. The molecule has 0 radical (unpaired) electrons. The van der Waals surface area contributed by atoms with Crippen LogP contribution < -0.4 is 41.4 Å². The van der Waals surface area contributed by atoms with Gasteiger partial charge in [0, 0.05) is 124 Å². The first-order valence-electron chi connectivity index (χ1n) is 23.3. The number of carbonyl (C=O) groups excluding carboxylic acids is 2. The Balaban J connectivity index is 0.000000178. The van der Waals surface area contributed by atoms with Crippen LogP contribution in [-0.2, 0) is 22.4 Å². The summed E-state index contributed by atoms with van der Waals surface area (Å²) in [6.45, 7) is 2.66. The number of nitrogens with one attached hydrogen (secondary N) is 2. The first-order valence-corrected chi connectivity index (χ1v) is 23.3. The van der Waals surface area contributed by atoms with E-state index < -0.39 is 48.5 Å². The van der Waals surface area contributed by atoms with Crippen LogP contribution in [0.25, 0.3) is 11.1 Å². The van der Waals surface area contributed by atoms with Gasteiger partial charge in [-0.3, -0.25) is 19.4 Å². The summed E-state index contributed by atoms with van der Waals surface area (Å²) in [6.07, 6.45) is 1.84. The number of nitrogens with two attached hydrogens (primary N) is 2. The summed E-state index contributed by atoms with van der Waals surface area (Å²) in [7, 11) is 0. The van der Waals surface area contributed by atoms with Crippen molar-refractivity contribution in [2.45, 2.75) is 87.3 Å². The SMILES string of the molecule is C[C@@]1(CO)Cc2cc(NC(=O)C(=CN)c3ncccn3)c(N3C[C@@H]4C[C@H]3CN4CC(F)(F)F)cc2O1.C[C@]1(CO)Cc2cc(NC(=O)C(=CN)c3ncccn3)c(N3C[C@@H]4C[C@H]3CN4CC(F)(F)F)cc2O1. The van der Waals surface area contributed by atoms with Crippen molar-refractivity contribution in [3.05, 3.63) is 96.4 Å². The zero-order valence-electron chi connectivity index (χ0n) is 39.3. The van der Waals surface area contributed by atoms with E-state index in [9.17, 15) is 46.1 Å². The number of rotatable bonds is 12. The molecule has 6 aliphatic rings. The Morgan fingerprint density at radius 2 is 1.03 bits per heavy atom. The lowest BCUT2D eigenvalue weighted by molar-refractivity contribution is -0.148. The van der Waals surface area contributed by atoms with E-state index in [0.29, 0.717) is 73.0 Å². The molecule has 6 atom stereocenters. The Morgan fingerprint density at radius 3 is 1.33 bits per heavy atom. The van der Waals surface area contributed by atoms with Gasteiger partial charge in [-0.1, -0.05) is 0 Å². The van der Waals surface area contributed by atoms with Crippen LogP contribution in [0, 0.1) is 0 Å². The lowest BCUT2D eigenvalue weighted by Gasteiger charge is -2.37. The molecule has 24 heteroatoms. The minimum atomic E-state index is -4.25. The van der Waals surface area contributed by atoms with Crippen molar-refractivity contribution in [2.24, 2.45) is 11.5 Å². The molecule has 4 aromatic rings. The standard InChI is InChI=1S/2C24H27F3N6O3/c2*1-23(13-34)8-14-5-18(31-22(35)17(9-28)21-29-3-2-4-30-21)19(7-20(14)36-23)33-11-15-6-16(33)10-32(15)12-24(25,26)27/h2*2-5,7,9,15-16,34H,6,8,10-13,28H2,1H3,(H,31,35)/t15-,16-,23+;15-,16-,23-/m00/s1. The Morgan fingerprint density at radius 1 is 0.653 bits per heavy atom. The maximum absolute atomic E-state index is 13.2. The first kappa shape index (κ1) is 50.2. The van der Waals surface area contributed by atoms with Crippen molar-refractivity contribution in [3.8, 4) is 11.5 Å². The summed E-state index contributed by atoms with van der Waals surface area (Å²) in [6, 6.07) is 9.66. The molecule has 10 rings (SSSR count).